The fraction of sp³-hybridized carbons (Fsp3) is 0.517. The largest absolute Gasteiger partial charge is 0.396 e. The number of carbonyl (C=O) groups excluding carboxylic acids is 1. The molecule has 35 heavy (non-hydrogen) atoms. The normalized spacial score (nSPS) is 20.1. The Morgan fingerprint density at radius 2 is 1.80 bits per heavy atom. The van der Waals surface area contributed by atoms with Gasteiger partial charge in [0.25, 0.3) is 0 Å². The number of halogens is 1. The van der Waals surface area contributed by atoms with Crippen LogP contribution in [0.5, 0.6) is 0 Å². The summed E-state index contributed by atoms with van der Waals surface area (Å²) in [4.78, 5) is 13.9. The number of aryl methyl sites for hydroxylation is 1. The second-order valence-electron chi connectivity index (χ2n) is 10.7. The van der Waals surface area contributed by atoms with E-state index in [2.05, 4.69) is 43.4 Å². The Kier molecular flexibility index (Phi) is 9.00. The molecule has 190 valence electrons. The van der Waals surface area contributed by atoms with E-state index >= 15 is 0 Å². The number of benzene rings is 2. The number of anilines is 1. The molecule has 0 radical (unpaired) electrons. The van der Waals surface area contributed by atoms with Crippen molar-refractivity contribution in [3.05, 3.63) is 64.7 Å². The molecule has 0 bridgehead atoms. The first-order valence-corrected chi connectivity index (χ1v) is 13.1. The fourth-order valence-corrected chi connectivity index (χ4v) is 4.82. The summed E-state index contributed by atoms with van der Waals surface area (Å²) in [7, 11) is 0. The van der Waals surface area contributed by atoms with E-state index in [1.165, 1.54) is 5.56 Å². The van der Waals surface area contributed by atoms with Gasteiger partial charge in [-0.2, -0.15) is 5.10 Å². The number of amides is 1. The summed E-state index contributed by atoms with van der Waals surface area (Å²) in [5.74, 6) is -0.0871. The highest BCUT2D eigenvalue weighted by atomic mass is 35.5. The molecule has 0 aromatic heterocycles. The second kappa shape index (κ2) is 11.6. The molecule has 5 nitrogen and oxygen atoms in total. The van der Waals surface area contributed by atoms with Gasteiger partial charge in [0.1, 0.15) is 5.54 Å². The van der Waals surface area contributed by atoms with Gasteiger partial charge < -0.3 is 10.4 Å². The van der Waals surface area contributed by atoms with Crippen molar-refractivity contribution in [2.75, 3.05) is 18.2 Å². The smallest absolute Gasteiger partial charge is 0.248 e. The van der Waals surface area contributed by atoms with Crippen LogP contribution >= 0.6 is 11.6 Å². The SMILES string of the molecule is CCCCC1C(c2ccc(C)cc2)=NN(c2ccc(Cl)cc2)C1(C)C(=O)NCCCC(C)(C)CO. The molecule has 6 heteroatoms. The Morgan fingerprint density at radius 3 is 2.40 bits per heavy atom. The number of hydrogen-bond acceptors (Lipinski definition) is 4. The summed E-state index contributed by atoms with van der Waals surface area (Å²) in [5.41, 5.74) is 3.01. The van der Waals surface area contributed by atoms with E-state index in [0.717, 1.165) is 49.1 Å². The van der Waals surface area contributed by atoms with Crippen molar-refractivity contribution in [1.29, 1.82) is 0 Å². The van der Waals surface area contributed by atoms with Gasteiger partial charge in [0.15, 0.2) is 0 Å². The highest BCUT2D eigenvalue weighted by molar-refractivity contribution is 6.30. The molecule has 1 amide bonds. The molecule has 0 aliphatic carbocycles. The predicted octanol–water partition coefficient (Wildman–Crippen LogP) is 6.35. The van der Waals surface area contributed by atoms with Gasteiger partial charge in [-0.25, -0.2) is 5.01 Å². The zero-order valence-corrected chi connectivity index (χ0v) is 22.5. The van der Waals surface area contributed by atoms with Crippen LogP contribution in [-0.4, -0.2) is 35.4 Å². The van der Waals surface area contributed by atoms with E-state index < -0.39 is 5.54 Å². The second-order valence-corrected chi connectivity index (χ2v) is 11.1. The molecule has 2 aromatic carbocycles. The van der Waals surface area contributed by atoms with Crippen LogP contribution in [0.1, 0.15) is 70.9 Å². The van der Waals surface area contributed by atoms with Crippen molar-refractivity contribution in [2.45, 2.75) is 72.3 Å². The average Bonchev–Trinajstić information content (AvgIpc) is 3.14. The van der Waals surface area contributed by atoms with Gasteiger partial charge in [-0.1, -0.05) is 75.0 Å². The van der Waals surface area contributed by atoms with E-state index in [4.69, 9.17) is 16.7 Å². The van der Waals surface area contributed by atoms with E-state index in [1.807, 2.05) is 50.0 Å². The van der Waals surface area contributed by atoms with Crippen LogP contribution in [-0.2, 0) is 4.79 Å². The van der Waals surface area contributed by atoms with E-state index in [1.54, 1.807) is 0 Å². The van der Waals surface area contributed by atoms with Crippen molar-refractivity contribution in [2.24, 2.45) is 16.4 Å². The van der Waals surface area contributed by atoms with Crippen molar-refractivity contribution < 1.29 is 9.90 Å². The first kappa shape index (κ1) is 27.2. The zero-order chi connectivity index (χ0) is 25.6. The number of aliphatic hydroxyl groups is 1. The van der Waals surface area contributed by atoms with Crippen LogP contribution in [0.25, 0.3) is 0 Å². The lowest BCUT2D eigenvalue weighted by atomic mass is 9.76. The van der Waals surface area contributed by atoms with Crippen LogP contribution in [0.15, 0.2) is 53.6 Å². The van der Waals surface area contributed by atoms with Crippen LogP contribution < -0.4 is 10.3 Å². The Hall–Kier alpha value is -2.37. The summed E-state index contributed by atoms with van der Waals surface area (Å²) in [6, 6.07) is 15.9. The summed E-state index contributed by atoms with van der Waals surface area (Å²) in [6.45, 7) is 11.0. The molecule has 0 saturated carbocycles. The lowest BCUT2D eigenvalue weighted by Gasteiger charge is -2.38. The van der Waals surface area contributed by atoms with E-state index in [9.17, 15) is 9.90 Å². The molecule has 0 spiro atoms. The number of hydrogen-bond donors (Lipinski definition) is 2. The van der Waals surface area contributed by atoms with Crippen LogP contribution in [0.2, 0.25) is 5.02 Å². The fourth-order valence-electron chi connectivity index (χ4n) is 4.69. The molecule has 0 saturated heterocycles. The van der Waals surface area contributed by atoms with Gasteiger partial charge in [-0.3, -0.25) is 4.79 Å². The van der Waals surface area contributed by atoms with Crippen molar-refractivity contribution in [1.82, 2.24) is 5.32 Å². The number of nitrogens with zero attached hydrogens (tertiary/aromatic N) is 2. The molecular weight excluding hydrogens is 458 g/mol. The molecule has 0 fully saturated rings. The minimum atomic E-state index is -0.879. The van der Waals surface area contributed by atoms with Gasteiger partial charge in [0, 0.05) is 24.1 Å². The Labute approximate surface area is 215 Å². The summed E-state index contributed by atoms with van der Waals surface area (Å²) < 4.78 is 0. The number of aliphatic hydroxyl groups excluding tert-OH is 1. The summed E-state index contributed by atoms with van der Waals surface area (Å²) >= 11 is 6.17. The standard InChI is InChI=1S/C29H40ClN3O2/c1-6-7-9-25-26(22-12-10-21(2)11-13-22)32-33(24-16-14-23(30)15-17-24)29(25,5)27(35)31-19-8-18-28(3,4)20-34/h10-17,25,34H,6-9,18-20H2,1-5H3,(H,31,35). The van der Waals surface area contributed by atoms with Gasteiger partial charge >= 0.3 is 0 Å². The van der Waals surface area contributed by atoms with E-state index in [-0.39, 0.29) is 23.8 Å². The maximum Gasteiger partial charge on any atom is 0.248 e. The van der Waals surface area contributed by atoms with Gasteiger partial charge in [0.2, 0.25) is 5.91 Å². The number of nitrogens with one attached hydrogen (secondary N) is 1. The van der Waals surface area contributed by atoms with Crippen molar-refractivity contribution in [3.8, 4) is 0 Å². The van der Waals surface area contributed by atoms with Gasteiger partial charge in [-0.15, -0.1) is 0 Å². The Balaban J connectivity index is 1.96. The monoisotopic (exact) mass is 497 g/mol. The third kappa shape index (κ3) is 6.25. The first-order chi connectivity index (χ1) is 16.6. The lowest BCUT2D eigenvalue weighted by Crippen LogP contribution is -2.58. The van der Waals surface area contributed by atoms with E-state index in [0.29, 0.717) is 11.6 Å². The number of hydrazone groups is 1. The zero-order valence-electron chi connectivity index (χ0n) is 21.8. The summed E-state index contributed by atoms with van der Waals surface area (Å²) in [5, 5.41) is 20.4. The van der Waals surface area contributed by atoms with Crippen molar-refractivity contribution in [3.63, 3.8) is 0 Å². The molecule has 1 aliphatic heterocycles. The Bertz CT molecular complexity index is 1020. The molecular formula is C29H40ClN3O2. The van der Waals surface area contributed by atoms with Crippen LogP contribution in [0.3, 0.4) is 0 Å². The number of rotatable bonds is 11. The summed E-state index contributed by atoms with van der Waals surface area (Å²) in [6.07, 6.45) is 4.58. The van der Waals surface area contributed by atoms with Gasteiger partial charge in [0.05, 0.1) is 11.4 Å². The maximum absolute atomic E-state index is 13.9. The lowest BCUT2D eigenvalue weighted by molar-refractivity contribution is -0.126. The molecule has 2 aromatic rings. The minimum absolute atomic E-state index is 0.0266. The molecule has 2 N–H and O–H groups in total. The molecule has 3 rings (SSSR count). The highest BCUT2D eigenvalue weighted by Gasteiger charge is 2.53. The molecule has 1 heterocycles. The quantitative estimate of drug-likeness (QED) is 0.355. The van der Waals surface area contributed by atoms with Crippen LogP contribution in [0.4, 0.5) is 5.69 Å². The maximum atomic E-state index is 13.9. The average molecular weight is 498 g/mol. The first-order valence-electron chi connectivity index (χ1n) is 12.7. The van der Waals surface area contributed by atoms with Gasteiger partial charge in [-0.05, 0) is 68.4 Å². The van der Waals surface area contributed by atoms with Crippen LogP contribution in [0, 0.1) is 18.3 Å². The topological polar surface area (TPSA) is 64.9 Å². The van der Waals surface area contributed by atoms with Crippen molar-refractivity contribution >= 4 is 28.9 Å². The molecule has 2 unspecified atom stereocenters. The Morgan fingerprint density at radius 1 is 1.14 bits per heavy atom. The third-order valence-corrected chi connectivity index (χ3v) is 7.38. The molecule has 1 aliphatic rings. The number of unbranched alkanes of at least 4 members (excludes halogenated alkanes) is 1. The third-order valence-electron chi connectivity index (χ3n) is 7.12. The molecule has 2 atom stereocenters. The highest BCUT2D eigenvalue weighted by Crippen LogP contribution is 2.42. The predicted molar refractivity (Wildman–Crippen MR) is 146 cm³/mol. The number of carbonyl (C=O) groups is 1. The minimum Gasteiger partial charge on any atom is -0.396 e.